The Labute approximate surface area is 138 Å². The fourth-order valence-corrected chi connectivity index (χ4v) is 3.80. The van der Waals surface area contributed by atoms with E-state index in [4.69, 9.17) is 9.47 Å². The van der Waals surface area contributed by atoms with Gasteiger partial charge in [-0.05, 0) is 35.9 Å². The molecule has 0 aliphatic carbocycles. The second-order valence-electron chi connectivity index (χ2n) is 5.56. The lowest BCUT2D eigenvalue weighted by molar-refractivity contribution is 0.0740. The predicted octanol–water partition coefficient (Wildman–Crippen LogP) is 2.23. The van der Waals surface area contributed by atoms with E-state index in [2.05, 4.69) is 5.32 Å². The second-order valence-corrected chi connectivity index (χ2v) is 6.65. The normalized spacial score (nSPS) is 17.1. The zero-order valence-corrected chi connectivity index (χ0v) is 13.5. The summed E-state index contributed by atoms with van der Waals surface area (Å²) in [5, 5.41) is 3.26. The molecule has 0 atom stereocenters. The van der Waals surface area contributed by atoms with E-state index in [9.17, 15) is 4.79 Å². The summed E-state index contributed by atoms with van der Waals surface area (Å²) in [6.07, 6.45) is 0. The van der Waals surface area contributed by atoms with Gasteiger partial charge in [-0.1, -0.05) is 0 Å². The molecule has 0 radical (unpaired) electrons. The van der Waals surface area contributed by atoms with Gasteiger partial charge in [0.15, 0.2) is 11.5 Å². The van der Waals surface area contributed by atoms with Crippen LogP contribution >= 0.6 is 11.3 Å². The highest BCUT2D eigenvalue weighted by atomic mass is 32.1. The van der Waals surface area contributed by atoms with E-state index in [1.54, 1.807) is 0 Å². The van der Waals surface area contributed by atoms with Crippen molar-refractivity contribution in [2.45, 2.75) is 0 Å². The first-order valence-electron chi connectivity index (χ1n) is 7.81. The van der Waals surface area contributed by atoms with Crippen LogP contribution in [-0.4, -0.2) is 50.2 Å². The molecule has 2 aliphatic heterocycles. The SMILES string of the molecule is O=C(c1ccc(-c2ccc3c(c2)OCCO3)s1)N1CCNCC1. The van der Waals surface area contributed by atoms with Gasteiger partial charge in [-0.3, -0.25) is 4.79 Å². The minimum atomic E-state index is 0.125. The van der Waals surface area contributed by atoms with Crippen molar-refractivity contribution in [1.82, 2.24) is 10.2 Å². The van der Waals surface area contributed by atoms with Crippen molar-refractivity contribution < 1.29 is 14.3 Å². The predicted molar refractivity (Wildman–Crippen MR) is 89.5 cm³/mol. The molecule has 6 heteroatoms. The van der Waals surface area contributed by atoms with Crippen molar-refractivity contribution in [2.75, 3.05) is 39.4 Å². The summed E-state index contributed by atoms with van der Waals surface area (Å²) < 4.78 is 11.2. The summed E-state index contributed by atoms with van der Waals surface area (Å²) in [7, 11) is 0. The number of thiophene rings is 1. The third-order valence-corrected chi connectivity index (χ3v) is 5.17. The lowest BCUT2D eigenvalue weighted by Crippen LogP contribution is -2.46. The first-order chi connectivity index (χ1) is 11.3. The minimum absolute atomic E-state index is 0.125. The average molecular weight is 330 g/mol. The number of fused-ring (bicyclic) bond motifs is 1. The maximum Gasteiger partial charge on any atom is 0.264 e. The third kappa shape index (κ3) is 2.92. The fourth-order valence-electron chi connectivity index (χ4n) is 2.83. The van der Waals surface area contributed by atoms with E-state index in [1.807, 2.05) is 35.2 Å². The Balaban J connectivity index is 1.56. The molecule has 0 saturated carbocycles. The minimum Gasteiger partial charge on any atom is -0.486 e. The number of amides is 1. The molecule has 4 rings (SSSR count). The Bertz CT molecular complexity index is 722. The quantitative estimate of drug-likeness (QED) is 0.917. The number of nitrogens with zero attached hydrogens (tertiary/aromatic N) is 1. The van der Waals surface area contributed by atoms with E-state index in [0.29, 0.717) is 13.2 Å². The number of piperazine rings is 1. The Kier molecular flexibility index (Phi) is 3.93. The maximum absolute atomic E-state index is 12.5. The van der Waals surface area contributed by atoms with Gasteiger partial charge in [0.25, 0.3) is 5.91 Å². The third-order valence-electron chi connectivity index (χ3n) is 4.05. The first-order valence-corrected chi connectivity index (χ1v) is 8.63. The topological polar surface area (TPSA) is 50.8 Å². The molecule has 2 aromatic rings. The van der Waals surface area contributed by atoms with Gasteiger partial charge in [-0.25, -0.2) is 0 Å². The summed E-state index contributed by atoms with van der Waals surface area (Å²) in [6.45, 7) is 4.45. The van der Waals surface area contributed by atoms with E-state index in [1.165, 1.54) is 11.3 Å². The van der Waals surface area contributed by atoms with Gasteiger partial charge in [0.2, 0.25) is 0 Å². The van der Waals surface area contributed by atoms with Crippen LogP contribution in [0.25, 0.3) is 10.4 Å². The molecule has 1 fully saturated rings. The second kappa shape index (κ2) is 6.22. The molecule has 0 unspecified atom stereocenters. The molecule has 1 aromatic carbocycles. The molecule has 1 aromatic heterocycles. The number of carbonyl (C=O) groups is 1. The molecule has 0 spiro atoms. The summed E-state index contributed by atoms with van der Waals surface area (Å²) in [5.41, 5.74) is 1.05. The zero-order valence-electron chi connectivity index (χ0n) is 12.7. The number of hydrogen-bond donors (Lipinski definition) is 1. The van der Waals surface area contributed by atoms with Crippen LogP contribution in [-0.2, 0) is 0 Å². The smallest absolute Gasteiger partial charge is 0.264 e. The number of rotatable bonds is 2. The maximum atomic E-state index is 12.5. The lowest BCUT2D eigenvalue weighted by atomic mass is 10.1. The van der Waals surface area contributed by atoms with Crippen LogP contribution in [0.5, 0.6) is 11.5 Å². The molecule has 0 bridgehead atoms. The summed E-state index contributed by atoms with van der Waals surface area (Å²) in [5.74, 6) is 1.69. The largest absolute Gasteiger partial charge is 0.486 e. The Morgan fingerprint density at radius 2 is 1.83 bits per heavy atom. The number of ether oxygens (including phenoxy) is 2. The molecule has 5 nitrogen and oxygen atoms in total. The van der Waals surface area contributed by atoms with E-state index in [0.717, 1.165) is 53.0 Å². The van der Waals surface area contributed by atoms with Gasteiger partial charge < -0.3 is 19.7 Å². The molecular formula is C17H18N2O3S. The summed E-state index contributed by atoms with van der Waals surface area (Å²) in [6, 6.07) is 9.85. The highest BCUT2D eigenvalue weighted by Crippen LogP contribution is 2.37. The van der Waals surface area contributed by atoms with Crippen molar-refractivity contribution in [3.63, 3.8) is 0 Å². The number of hydrogen-bond acceptors (Lipinski definition) is 5. The number of nitrogens with one attached hydrogen (secondary N) is 1. The molecule has 1 saturated heterocycles. The van der Waals surface area contributed by atoms with E-state index < -0.39 is 0 Å². The van der Waals surface area contributed by atoms with Crippen LogP contribution in [0.2, 0.25) is 0 Å². The molecule has 3 heterocycles. The Hall–Kier alpha value is -2.05. The molecule has 1 amide bonds. The van der Waals surface area contributed by atoms with Crippen LogP contribution in [0, 0.1) is 0 Å². The van der Waals surface area contributed by atoms with Crippen LogP contribution in [0.4, 0.5) is 0 Å². The Morgan fingerprint density at radius 3 is 2.65 bits per heavy atom. The lowest BCUT2D eigenvalue weighted by Gasteiger charge is -2.26. The van der Waals surface area contributed by atoms with Gasteiger partial charge >= 0.3 is 0 Å². The zero-order chi connectivity index (χ0) is 15.6. The molecular weight excluding hydrogens is 312 g/mol. The van der Waals surface area contributed by atoms with Crippen LogP contribution in [0.15, 0.2) is 30.3 Å². The van der Waals surface area contributed by atoms with Gasteiger partial charge in [-0.15, -0.1) is 11.3 Å². The first kappa shape index (κ1) is 14.5. The van der Waals surface area contributed by atoms with Crippen LogP contribution in [0.1, 0.15) is 9.67 Å². The van der Waals surface area contributed by atoms with Crippen molar-refractivity contribution in [3.8, 4) is 21.9 Å². The van der Waals surface area contributed by atoms with E-state index in [-0.39, 0.29) is 5.91 Å². The van der Waals surface area contributed by atoms with E-state index >= 15 is 0 Å². The number of benzene rings is 1. The monoisotopic (exact) mass is 330 g/mol. The van der Waals surface area contributed by atoms with Gasteiger partial charge in [0.1, 0.15) is 13.2 Å². The average Bonchev–Trinajstić information content (AvgIpc) is 3.11. The van der Waals surface area contributed by atoms with Crippen molar-refractivity contribution in [2.24, 2.45) is 0 Å². The molecule has 120 valence electrons. The van der Waals surface area contributed by atoms with Gasteiger partial charge in [-0.2, -0.15) is 0 Å². The van der Waals surface area contributed by atoms with Crippen molar-refractivity contribution >= 4 is 17.2 Å². The molecule has 23 heavy (non-hydrogen) atoms. The van der Waals surface area contributed by atoms with Gasteiger partial charge in [0.05, 0.1) is 4.88 Å². The van der Waals surface area contributed by atoms with Crippen LogP contribution in [0.3, 0.4) is 0 Å². The fraction of sp³-hybridized carbons (Fsp3) is 0.353. The van der Waals surface area contributed by atoms with Gasteiger partial charge in [0, 0.05) is 31.1 Å². The summed E-state index contributed by atoms with van der Waals surface area (Å²) >= 11 is 1.53. The van der Waals surface area contributed by atoms with Crippen molar-refractivity contribution in [1.29, 1.82) is 0 Å². The highest BCUT2D eigenvalue weighted by molar-refractivity contribution is 7.17. The Morgan fingerprint density at radius 1 is 1.04 bits per heavy atom. The molecule has 1 N–H and O–H groups in total. The number of carbonyl (C=O) groups excluding carboxylic acids is 1. The standard InChI is InChI=1S/C17H18N2O3S/c20-17(19-7-5-18-6-8-19)16-4-3-15(23-16)12-1-2-13-14(11-12)22-10-9-21-13/h1-4,11,18H,5-10H2. The summed E-state index contributed by atoms with van der Waals surface area (Å²) in [4.78, 5) is 16.3. The van der Waals surface area contributed by atoms with Crippen molar-refractivity contribution in [3.05, 3.63) is 35.2 Å². The highest BCUT2D eigenvalue weighted by Gasteiger charge is 2.20. The van der Waals surface area contributed by atoms with Crippen LogP contribution < -0.4 is 14.8 Å². The molecule has 2 aliphatic rings.